The van der Waals surface area contributed by atoms with Gasteiger partial charge < -0.3 is 16.0 Å². The Morgan fingerprint density at radius 2 is 2.00 bits per heavy atom. The van der Waals surface area contributed by atoms with Gasteiger partial charge in [0, 0.05) is 12.7 Å². The summed E-state index contributed by atoms with van der Waals surface area (Å²) in [6, 6.07) is 7.75. The lowest BCUT2D eigenvalue weighted by atomic mass is 10.1. The molecule has 1 aromatic carbocycles. The molecular weight excluding hydrogens is 288 g/mol. The van der Waals surface area contributed by atoms with Gasteiger partial charge in [-0.15, -0.1) is 0 Å². The fraction of sp³-hybridized carbons (Fsp3) is 0.286. The van der Waals surface area contributed by atoms with Gasteiger partial charge >= 0.3 is 6.03 Å². The lowest BCUT2D eigenvalue weighted by molar-refractivity contribution is 0.254. The van der Waals surface area contributed by atoms with Crippen LogP contribution in [-0.2, 0) is 0 Å². The topological polar surface area (TPSA) is 86.0 Å². The number of hydrogen-bond acceptors (Lipinski definition) is 4. The third-order valence-electron chi connectivity index (χ3n) is 3.38. The number of H-pyrrole nitrogens is 1. The highest BCUT2D eigenvalue weighted by Gasteiger charge is 2.23. The number of benzene rings is 1. The SMILES string of the molecule is CNC(=O)Nc1c(Nc2ccc(C3CC3)cc2)s[nH]c1=O. The average molecular weight is 304 g/mol. The third kappa shape index (κ3) is 3.08. The summed E-state index contributed by atoms with van der Waals surface area (Å²) in [5, 5.41) is 8.68. The van der Waals surface area contributed by atoms with E-state index in [0.29, 0.717) is 10.9 Å². The lowest BCUT2D eigenvalue weighted by Crippen LogP contribution is -2.27. The maximum absolute atomic E-state index is 11.7. The summed E-state index contributed by atoms with van der Waals surface area (Å²) in [6.45, 7) is 0. The van der Waals surface area contributed by atoms with E-state index in [4.69, 9.17) is 0 Å². The molecule has 0 bridgehead atoms. The lowest BCUT2D eigenvalue weighted by Gasteiger charge is -2.07. The van der Waals surface area contributed by atoms with Crippen molar-refractivity contribution in [1.29, 1.82) is 0 Å². The molecule has 1 fully saturated rings. The van der Waals surface area contributed by atoms with Crippen LogP contribution in [0.4, 0.5) is 21.2 Å². The minimum atomic E-state index is -0.425. The molecule has 2 amide bonds. The van der Waals surface area contributed by atoms with Crippen LogP contribution in [0, 0.1) is 0 Å². The van der Waals surface area contributed by atoms with E-state index in [2.05, 4.69) is 32.5 Å². The number of hydrogen-bond donors (Lipinski definition) is 4. The van der Waals surface area contributed by atoms with Crippen LogP contribution >= 0.6 is 11.5 Å². The van der Waals surface area contributed by atoms with Gasteiger partial charge in [0.15, 0.2) is 0 Å². The highest BCUT2D eigenvalue weighted by atomic mass is 32.1. The van der Waals surface area contributed by atoms with Crippen molar-refractivity contribution in [3.8, 4) is 0 Å². The van der Waals surface area contributed by atoms with E-state index < -0.39 is 6.03 Å². The van der Waals surface area contributed by atoms with E-state index in [1.807, 2.05) is 12.1 Å². The number of aromatic amines is 1. The maximum atomic E-state index is 11.7. The van der Waals surface area contributed by atoms with E-state index in [1.165, 1.54) is 25.5 Å². The minimum absolute atomic E-state index is 0.227. The zero-order valence-electron chi connectivity index (χ0n) is 11.5. The number of nitrogens with one attached hydrogen (secondary N) is 4. The van der Waals surface area contributed by atoms with Gasteiger partial charge in [0.2, 0.25) is 0 Å². The normalized spacial score (nSPS) is 13.8. The van der Waals surface area contributed by atoms with Gasteiger partial charge in [-0.3, -0.25) is 9.17 Å². The van der Waals surface area contributed by atoms with E-state index in [1.54, 1.807) is 0 Å². The molecule has 7 heteroatoms. The monoisotopic (exact) mass is 304 g/mol. The molecule has 4 N–H and O–H groups in total. The summed E-state index contributed by atoms with van der Waals surface area (Å²) in [4.78, 5) is 23.1. The zero-order chi connectivity index (χ0) is 14.8. The molecule has 6 nitrogen and oxygen atoms in total. The Balaban J connectivity index is 1.77. The molecule has 0 aliphatic heterocycles. The molecule has 1 aliphatic rings. The smallest absolute Gasteiger partial charge is 0.319 e. The van der Waals surface area contributed by atoms with Crippen molar-refractivity contribution in [2.75, 3.05) is 17.7 Å². The van der Waals surface area contributed by atoms with Crippen LogP contribution < -0.4 is 21.5 Å². The fourth-order valence-electron chi connectivity index (χ4n) is 2.07. The Bertz CT molecular complexity index is 701. The minimum Gasteiger partial charge on any atom is -0.344 e. The maximum Gasteiger partial charge on any atom is 0.319 e. The van der Waals surface area contributed by atoms with Gasteiger partial charge in [-0.25, -0.2) is 4.79 Å². The van der Waals surface area contributed by atoms with Crippen molar-refractivity contribution in [2.24, 2.45) is 0 Å². The van der Waals surface area contributed by atoms with E-state index in [0.717, 1.165) is 17.2 Å². The van der Waals surface area contributed by atoms with Gasteiger partial charge in [-0.05, 0) is 48.0 Å². The molecule has 0 saturated heterocycles. The van der Waals surface area contributed by atoms with Gasteiger partial charge in [-0.2, -0.15) is 0 Å². The largest absolute Gasteiger partial charge is 0.344 e. The number of carbonyl (C=O) groups excluding carboxylic acids is 1. The van der Waals surface area contributed by atoms with Gasteiger partial charge in [0.05, 0.1) is 0 Å². The quantitative estimate of drug-likeness (QED) is 0.700. The average Bonchev–Trinajstić information content (AvgIpc) is 3.29. The van der Waals surface area contributed by atoms with Crippen LogP contribution in [0.25, 0.3) is 0 Å². The number of aromatic nitrogens is 1. The molecule has 1 aliphatic carbocycles. The van der Waals surface area contributed by atoms with Crippen molar-refractivity contribution in [1.82, 2.24) is 9.69 Å². The number of carbonyl (C=O) groups is 1. The Labute approximate surface area is 125 Å². The van der Waals surface area contributed by atoms with Crippen molar-refractivity contribution in [3.05, 3.63) is 40.2 Å². The Hall–Kier alpha value is -2.28. The first-order chi connectivity index (χ1) is 10.2. The summed E-state index contributed by atoms with van der Waals surface area (Å²) in [5.74, 6) is 0.716. The van der Waals surface area contributed by atoms with Gasteiger partial charge in [0.25, 0.3) is 5.56 Å². The molecular formula is C14H16N4O2S. The fourth-order valence-corrected chi connectivity index (χ4v) is 2.78. The standard InChI is InChI=1S/C14H16N4O2S/c1-15-14(20)17-11-12(19)18-21-13(11)16-10-6-4-9(5-7-10)8-2-3-8/h4-8,16H,2-3H2,1H3,(H,18,19)(H2,15,17,20). The molecule has 0 unspecified atom stereocenters. The molecule has 0 radical (unpaired) electrons. The van der Waals surface area contributed by atoms with Crippen LogP contribution in [0.15, 0.2) is 29.1 Å². The Morgan fingerprint density at radius 3 is 2.62 bits per heavy atom. The highest BCUT2D eigenvalue weighted by Crippen LogP contribution is 2.40. The van der Waals surface area contributed by atoms with Crippen LogP contribution in [0.2, 0.25) is 0 Å². The molecule has 21 heavy (non-hydrogen) atoms. The summed E-state index contributed by atoms with van der Waals surface area (Å²) >= 11 is 1.16. The van der Waals surface area contributed by atoms with E-state index in [9.17, 15) is 9.59 Å². The van der Waals surface area contributed by atoms with Crippen LogP contribution in [-0.4, -0.2) is 17.5 Å². The first-order valence-corrected chi connectivity index (χ1v) is 7.56. The van der Waals surface area contributed by atoms with Crippen LogP contribution in [0.1, 0.15) is 24.3 Å². The number of urea groups is 1. The molecule has 2 aromatic rings. The zero-order valence-corrected chi connectivity index (χ0v) is 12.3. The molecule has 0 atom stereocenters. The number of rotatable bonds is 4. The van der Waals surface area contributed by atoms with Crippen LogP contribution in [0.5, 0.6) is 0 Å². The van der Waals surface area contributed by atoms with Gasteiger partial charge in [0.1, 0.15) is 10.7 Å². The Kier molecular flexibility index (Phi) is 3.66. The van der Waals surface area contributed by atoms with E-state index >= 15 is 0 Å². The predicted octanol–water partition coefficient (Wildman–Crippen LogP) is 2.81. The molecule has 1 aromatic heterocycles. The predicted molar refractivity (Wildman–Crippen MR) is 84.7 cm³/mol. The Morgan fingerprint density at radius 1 is 1.29 bits per heavy atom. The first kappa shape index (κ1) is 13.7. The second-order valence-electron chi connectivity index (χ2n) is 4.96. The molecule has 1 saturated carbocycles. The molecule has 3 rings (SSSR count). The van der Waals surface area contributed by atoms with Crippen molar-refractivity contribution in [3.63, 3.8) is 0 Å². The van der Waals surface area contributed by atoms with Crippen molar-refractivity contribution in [2.45, 2.75) is 18.8 Å². The summed E-state index contributed by atoms with van der Waals surface area (Å²) < 4.78 is 2.61. The second-order valence-corrected chi connectivity index (χ2v) is 5.78. The third-order valence-corrected chi connectivity index (χ3v) is 4.18. The molecule has 110 valence electrons. The second kappa shape index (κ2) is 5.61. The first-order valence-electron chi connectivity index (χ1n) is 6.74. The van der Waals surface area contributed by atoms with E-state index in [-0.39, 0.29) is 11.2 Å². The van der Waals surface area contributed by atoms with Gasteiger partial charge in [-0.1, -0.05) is 12.1 Å². The van der Waals surface area contributed by atoms with Crippen molar-refractivity contribution < 1.29 is 4.79 Å². The number of anilines is 3. The summed E-state index contributed by atoms with van der Waals surface area (Å²) in [5.41, 5.74) is 2.15. The van der Waals surface area contributed by atoms with Crippen molar-refractivity contribution >= 4 is 33.9 Å². The molecule has 0 spiro atoms. The van der Waals surface area contributed by atoms with Crippen LogP contribution in [0.3, 0.4) is 0 Å². The molecule has 1 heterocycles. The summed E-state index contributed by atoms with van der Waals surface area (Å²) in [6.07, 6.45) is 2.54. The highest BCUT2D eigenvalue weighted by molar-refractivity contribution is 7.11. The summed E-state index contributed by atoms with van der Waals surface area (Å²) in [7, 11) is 1.50. The number of amides is 2.